The van der Waals surface area contributed by atoms with Gasteiger partial charge in [0.05, 0.1) is 6.54 Å². The second-order valence-electron chi connectivity index (χ2n) is 1.78. The van der Waals surface area contributed by atoms with Crippen molar-refractivity contribution < 1.29 is 9.53 Å². The van der Waals surface area contributed by atoms with Gasteiger partial charge in [0.1, 0.15) is 6.10 Å². The summed E-state index contributed by atoms with van der Waals surface area (Å²) in [6.07, 6.45) is -0.346. The van der Waals surface area contributed by atoms with E-state index >= 15 is 0 Å². The van der Waals surface area contributed by atoms with E-state index in [2.05, 4.69) is 17.6 Å². The van der Waals surface area contributed by atoms with Gasteiger partial charge in [-0.1, -0.05) is 26.7 Å². The number of rotatable bonds is 0. The minimum Gasteiger partial charge on any atom is -0.444 e. The molecule has 1 aliphatic rings. The fourth-order valence-electron chi connectivity index (χ4n) is 0.588. The first kappa shape index (κ1) is 9.62. The van der Waals surface area contributed by atoms with Gasteiger partial charge in [-0.25, -0.2) is 4.79 Å². The second kappa shape index (κ2) is 4.44. The van der Waals surface area contributed by atoms with Crippen molar-refractivity contribution in [3.05, 3.63) is 0 Å². The molecule has 1 saturated heterocycles. The Kier molecular flexibility index (Phi) is 4.27. The Bertz CT molecular complexity index is 118. The average molecular weight is 163 g/mol. The van der Waals surface area contributed by atoms with Crippen LogP contribution in [-0.4, -0.2) is 23.0 Å². The SMILES string of the molecule is CC.CC1CN(S)C(=O)O1. The number of ether oxygens (including phenoxy) is 1. The average Bonchev–Trinajstić information content (AvgIpc) is 2.16. The number of thiol groups is 1. The highest BCUT2D eigenvalue weighted by molar-refractivity contribution is 7.78. The lowest BCUT2D eigenvalue weighted by molar-refractivity contribution is 0.145. The number of carbonyl (C=O) groups excluding carboxylic acids is 1. The van der Waals surface area contributed by atoms with Gasteiger partial charge in [-0.3, -0.25) is 4.31 Å². The summed E-state index contributed by atoms with van der Waals surface area (Å²) in [6, 6.07) is 0. The van der Waals surface area contributed by atoms with Crippen molar-refractivity contribution in [3.8, 4) is 0 Å². The molecule has 0 bridgehead atoms. The summed E-state index contributed by atoms with van der Waals surface area (Å²) in [7, 11) is 0. The van der Waals surface area contributed by atoms with Gasteiger partial charge in [0, 0.05) is 0 Å². The van der Waals surface area contributed by atoms with Gasteiger partial charge >= 0.3 is 6.09 Å². The zero-order valence-corrected chi connectivity index (χ0v) is 7.39. The summed E-state index contributed by atoms with van der Waals surface area (Å²) in [5.74, 6) is 0. The molecule has 1 heterocycles. The van der Waals surface area contributed by atoms with E-state index in [0.717, 1.165) is 0 Å². The molecule has 60 valence electrons. The monoisotopic (exact) mass is 163 g/mol. The maximum atomic E-state index is 10.4. The molecule has 10 heavy (non-hydrogen) atoms. The van der Waals surface area contributed by atoms with Crippen LogP contribution in [0.1, 0.15) is 20.8 Å². The number of carbonyl (C=O) groups is 1. The highest BCUT2D eigenvalue weighted by atomic mass is 32.1. The van der Waals surface area contributed by atoms with Gasteiger partial charge in [-0.05, 0) is 6.92 Å². The van der Waals surface area contributed by atoms with Gasteiger partial charge in [0.2, 0.25) is 0 Å². The molecule has 0 aliphatic carbocycles. The maximum Gasteiger partial charge on any atom is 0.420 e. The molecule has 1 amide bonds. The van der Waals surface area contributed by atoms with Crippen molar-refractivity contribution in [1.29, 1.82) is 0 Å². The molecule has 3 nitrogen and oxygen atoms in total. The second-order valence-corrected chi connectivity index (χ2v) is 2.26. The molecule has 0 aromatic heterocycles. The lowest BCUT2D eigenvalue weighted by Crippen LogP contribution is -2.11. The Morgan fingerprint density at radius 3 is 2.30 bits per heavy atom. The molecule has 0 N–H and O–H groups in total. The minimum absolute atomic E-state index is 0.000000000000000222. The number of nitrogens with zero attached hydrogens (tertiary/aromatic N) is 1. The fourth-order valence-corrected chi connectivity index (χ4v) is 0.865. The van der Waals surface area contributed by atoms with Crippen LogP contribution >= 0.6 is 12.8 Å². The molecule has 1 atom stereocenters. The van der Waals surface area contributed by atoms with Gasteiger partial charge in [-0.2, -0.15) is 0 Å². The maximum absolute atomic E-state index is 10.4. The molecule has 1 aliphatic heterocycles. The van der Waals surface area contributed by atoms with Gasteiger partial charge in [0.15, 0.2) is 0 Å². The van der Waals surface area contributed by atoms with E-state index in [1.165, 1.54) is 4.31 Å². The van der Waals surface area contributed by atoms with E-state index in [1.807, 2.05) is 20.8 Å². The molecular weight excluding hydrogens is 150 g/mol. The molecule has 0 aromatic rings. The third-order valence-corrected chi connectivity index (χ3v) is 1.27. The lowest BCUT2D eigenvalue weighted by Gasteiger charge is -1.97. The molecule has 0 spiro atoms. The molecule has 0 aromatic carbocycles. The summed E-state index contributed by atoms with van der Waals surface area (Å²) in [6.45, 7) is 6.41. The largest absolute Gasteiger partial charge is 0.444 e. The number of cyclic esters (lactones) is 1. The molecule has 0 saturated carbocycles. The van der Waals surface area contributed by atoms with Crippen LogP contribution in [0.4, 0.5) is 4.79 Å². The van der Waals surface area contributed by atoms with Crippen LogP contribution < -0.4 is 0 Å². The molecular formula is C6H13NO2S. The van der Waals surface area contributed by atoms with Crippen molar-refractivity contribution in [2.45, 2.75) is 26.9 Å². The van der Waals surface area contributed by atoms with E-state index < -0.39 is 0 Å². The predicted molar refractivity (Wildman–Crippen MR) is 43.0 cm³/mol. The normalized spacial score (nSPS) is 23.4. The van der Waals surface area contributed by atoms with Crippen molar-refractivity contribution >= 4 is 18.9 Å². The summed E-state index contributed by atoms with van der Waals surface area (Å²) in [4.78, 5) is 10.4. The Balaban J connectivity index is 0.000000371. The van der Waals surface area contributed by atoms with Crippen LogP contribution in [0.3, 0.4) is 0 Å². The van der Waals surface area contributed by atoms with Crippen LogP contribution in [0.2, 0.25) is 0 Å². The van der Waals surface area contributed by atoms with E-state index in [4.69, 9.17) is 0 Å². The van der Waals surface area contributed by atoms with E-state index in [0.29, 0.717) is 6.54 Å². The zero-order valence-electron chi connectivity index (χ0n) is 6.50. The number of amides is 1. The number of hydrogen-bond acceptors (Lipinski definition) is 3. The third kappa shape index (κ3) is 2.47. The molecule has 1 rings (SSSR count). The first-order chi connectivity index (χ1) is 4.70. The highest BCUT2D eigenvalue weighted by Crippen LogP contribution is 2.11. The minimum atomic E-state index is -0.346. The Morgan fingerprint density at radius 1 is 1.70 bits per heavy atom. The predicted octanol–water partition coefficient (Wildman–Crippen LogP) is 1.70. The van der Waals surface area contributed by atoms with E-state index in [9.17, 15) is 4.79 Å². The fraction of sp³-hybridized carbons (Fsp3) is 0.833. The summed E-state index contributed by atoms with van der Waals surface area (Å²) in [5.41, 5.74) is 0. The van der Waals surface area contributed by atoms with Crippen molar-refractivity contribution in [3.63, 3.8) is 0 Å². The van der Waals surface area contributed by atoms with E-state index in [1.54, 1.807) is 0 Å². The van der Waals surface area contributed by atoms with Gasteiger partial charge in [-0.15, -0.1) is 0 Å². The van der Waals surface area contributed by atoms with Crippen LogP contribution in [0.25, 0.3) is 0 Å². The highest BCUT2D eigenvalue weighted by Gasteiger charge is 2.24. The summed E-state index contributed by atoms with van der Waals surface area (Å²) < 4.78 is 5.94. The van der Waals surface area contributed by atoms with Crippen LogP contribution in [0, 0.1) is 0 Å². The zero-order chi connectivity index (χ0) is 8.15. The molecule has 1 fully saturated rings. The van der Waals surface area contributed by atoms with E-state index in [-0.39, 0.29) is 12.2 Å². The first-order valence-electron chi connectivity index (χ1n) is 3.37. The van der Waals surface area contributed by atoms with Crippen LogP contribution in [-0.2, 0) is 4.74 Å². The first-order valence-corrected chi connectivity index (χ1v) is 3.77. The lowest BCUT2D eigenvalue weighted by atomic mass is 10.4. The topological polar surface area (TPSA) is 29.5 Å². The summed E-state index contributed by atoms with van der Waals surface area (Å²) in [5, 5.41) is 0. The summed E-state index contributed by atoms with van der Waals surface area (Å²) >= 11 is 3.81. The van der Waals surface area contributed by atoms with Crippen molar-refractivity contribution in [2.24, 2.45) is 0 Å². The van der Waals surface area contributed by atoms with Gasteiger partial charge < -0.3 is 4.74 Å². The molecule has 1 unspecified atom stereocenters. The Labute approximate surface area is 66.9 Å². The quantitative estimate of drug-likeness (QED) is 0.551. The van der Waals surface area contributed by atoms with Gasteiger partial charge in [0.25, 0.3) is 0 Å². The molecule has 4 heteroatoms. The van der Waals surface area contributed by atoms with Crippen LogP contribution in [0.15, 0.2) is 0 Å². The van der Waals surface area contributed by atoms with Crippen LogP contribution in [0.5, 0.6) is 0 Å². The molecule has 0 radical (unpaired) electrons. The Morgan fingerprint density at radius 2 is 2.20 bits per heavy atom. The third-order valence-electron chi connectivity index (χ3n) is 0.943. The number of hydrogen-bond donors (Lipinski definition) is 1. The Hall–Kier alpha value is -0.380. The standard InChI is InChI=1S/C4H7NO2S.C2H6/c1-3-2-5(8)4(6)7-3;1-2/h3,8H,2H2,1H3;1-2H3. The van der Waals surface area contributed by atoms with Crippen molar-refractivity contribution in [2.75, 3.05) is 6.54 Å². The smallest absolute Gasteiger partial charge is 0.420 e. The van der Waals surface area contributed by atoms with Crippen molar-refractivity contribution in [1.82, 2.24) is 4.31 Å².